The Hall–Kier alpha value is -2.43. The third-order valence-corrected chi connectivity index (χ3v) is 4.74. The number of piperidine rings is 1. The van der Waals surface area contributed by atoms with Gasteiger partial charge in [0.15, 0.2) is 0 Å². The molecule has 5 heteroatoms. The lowest BCUT2D eigenvalue weighted by atomic mass is 9.99. The van der Waals surface area contributed by atoms with Crippen LogP contribution in [0.3, 0.4) is 0 Å². The van der Waals surface area contributed by atoms with Crippen molar-refractivity contribution in [2.75, 3.05) is 25.0 Å². The molecule has 2 heterocycles. The largest absolute Gasteiger partial charge is 0.354 e. The fourth-order valence-corrected chi connectivity index (χ4v) is 3.06. The van der Waals surface area contributed by atoms with Crippen molar-refractivity contribution < 1.29 is 4.79 Å². The number of benzene rings is 1. The molecule has 0 radical (unpaired) electrons. The van der Waals surface area contributed by atoms with Crippen molar-refractivity contribution in [2.45, 2.75) is 32.6 Å². The molecular weight excluding hydrogens is 312 g/mol. The molecule has 25 heavy (non-hydrogen) atoms. The molecule has 1 aliphatic rings. The van der Waals surface area contributed by atoms with E-state index >= 15 is 0 Å². The van der Waals surface area contributed by atoms with E-state index in [9.17, 15) is 4.79 Å². The van der Waals surface area contributed by atoms with Gasteiger partial charge in [0.05, 0.1) is 5.56 Å². The Morgan fingerprint density at radius 3 is 2.52 bits per heavy atom. The van der Waals surface area contributed by atoms with Crippen LogP contribution >= 0.6 is 0 Å². The SMILES string of the molecule is CC1CCN(C(=O)c2cnc(NCCCc3ccccc3)nc2)CC1. The molecule has 0 unspecified atom stereocenters. The lowest BCUT2D eigenvalue weighted by molar-refractivity contribution is 0.0696. The standard InChI is InChI=1S/C20H26N4O/c1-16-9-12-24(13-10-16)19(25)18-14-22-20(23-15-18)21-11-5-8-17-6-3-2-4-7-17/h2-4,6-7,14-16H,5,8-13H2,1H3,(H,21,22,23). The molecular formula is C20H26N4O. The highest BCUT2D eigenvalue weighted by atomic mass is 16.2. The number of hydrogen-bond donors (Lipinski definition) is 1. The molecule has 1 amide bonds. The second-order valence-electron chi connectivity index (χ2n) is 6.79. The van der Waals surface area contributed by atoms with Gasteiger partial charge < -0.3 is 10.2 Å². The Bertz CT molecular complexity index is 664. The average molecular weight is 338 g/mol. The molecule has 2 aromatic rings. The number of rotatable bonds is 6. The first-order valence-corrected chi connectivity index (χ1v) is 9.11. The van der Waals surface area contributed by atoms with E-state index in [2.05, 4.69) is 46.5 Å². The Labute approximate surface area is 149 Å². The van der Waals surface area contributed by atoms with Gasteiger partial charge in [0.1, 0.15) is 0 Å². The van der Waals surface area contributed by atoms with Crippen LogP contribution in [0, 0.1) is 5.92 Å². The average Bonchev–Trinajstić information content (AvgIpc) is 2.67. The number of hydrogen-bond acceptors (Lipinski definition) is 4. The van der Waals surface area contributed by atoms with E-state index in [4.69, 9.17) is 0 Å². The summed E-state index contributed by atoms with van der Waals surface area (Å²) in [5, 5.41) is 3.22. The zero-order valence-corrected chi connectivity index (χ0v) is 14.8. The summed E-state index contributed by atoms with van der Waals surface area (Å²) >= 11 is 0. The van der Waals surface area contributed by atoms with Crippen molar-refractivity contribution in [2.24, 2.45) is 5.92 Å². The summed E-state index contributed by atoms with van der Waals surface area (Å²) in [6.45, 7) is 4.72. The normalized spacial score (nSPS) is 15.2. The molecule has 1 N–H and O–H groups in total. The lowest BCUT2D eigenvalue weighted by Gasteiger charge is -2.30. The number of aryl methyl sites for hydroxylation is 1. The maximum atomic E-state index is 12.5. The first kappa shape index (κ1) is 17.4. The second-order valence-corrected chi connectivity index (χ2v) is 6.79. The minimum Gasteiger partial charge on any atom is -0.354 e. The summed E-state index contributed by atoms with van der Waals surface area (Å²) in [5.41, 5.74) is 1.91. The molecule has 1 aliphatic heterocycles. The molecule has 3 rings (SSSR count). The summed E-state index contributed by atoms with van der Waals surface area (Å²) in [6, 6.07) is 10.4. The molecule has 0 aliphatic carbocycles. The predicted molar refractivity (Wildman–Crippen MR) is 99.6 cm³/mol. The van der Waals surface area contributed by atoms with Gasteiger partial charge in [0.25, 0.3) is 5.91 Å². The van der Waals surface area contributed by atoms with Crippen LogP contribution in [0.2, 0.25) is 0 Å². The van der Waals surface area contributed by atoms with Crippen LogP contribution in [0.15, 0.2) is 42.7 Å². The van der Waals surface area contributed by atoms with Crippen molar-refractivity contribution in [3.63, 3.8) is 0 Å². The van der Waals surface area contributed by atoms with Gasteiger partial charge in [-0.05, 0) is 37.2 Å². The smallest absolute Gasteiger partial charge is 0.256 e. The Kier molecular flexibility index (Phi) is 5.99. The monoisotopic (exact) mass is 338 g/mol. The van der Waals surface area contributed by atoms with Crippen molar-refractivity contribution in [3.05, 3.63) is 53.9 Å². The van der Waals surface area contributed by atoms with E-state index in [0.717, 1.165) is 45.3 Å². The van der Waals surface area contributed by atoms with Gasteiger partial charge in [-0.2, -0.15) is 0 Å². The maximum Gasteiger partial charge on any atom is 0.256 e. The fourth-order valence-electron chi connectivity index (χ4n) is 3.06. The number of nitrogens with one attached hydrogen (secondary N) is 1. The Balaban J connectivity index is 1.44. The van der Waals surface area contributed by atoms with Gasteiger partial charge >= 0.3 is 0 Å². The predicted octanol–water partition coefficient (Wildman–Crippen LogP) is 3.39. The topological polar surface area (TPSA) is 58.1 Å². The number of amides is 1. The fraction of sp³-hybridized carbons (Fsp3) is 0.450. The summed E-state index contributed by atoms with van der Waals surface area (Å²) in [7, 11) is 0. The zero-order chi connectivity index (χ0) is 17.5. The van der Waals surface area contributed by atoms with Crippen LogP contribution in [0.25, 0.3) is 0 Å². The summed E-state index contributed by atoms with van der Waals surface area (Å²) in [6.07, 6.45) is 7.46. The van der Waals surface area contributed by atoms with Crippen LogP contribution in [0.5, 0.6) is 0 Å². The highest BCUT2D eigenvalue weighted by Gasteiger charge is 2.21. The Morgan fingerprint density at radius 1 is 1.16 bits per heavy atom. The van der Waals surface area contributed by atoms with Gasteiger partial charge in [0, 0.05) is 32.0 Å². The van der Waals surface area contributed by atoms with Crippen LogP contribution in [-0.4, -0.2) is 40.4 Å². The first-order valence-electron chi connectivity index (χ1n) is 9.11. The Morgan fingerprint density at radius 2 is 1.84 bits per heavy atom. The van der Waals surface area contributed by atoms with Crippen LogP contribution < -0.4 is 5.32 Å². The molecule has 0 saturated carbocycles. The van der Waals surface area contributed by atoms with Gasteiger partial charge in [-0.1, -0.05) is 37.3 Å². The van der Waals surface area contributed by atoms with E-state index in [0.29, 0.717) is 17.4 Å². The van der Waals surface area contributed by atoms with E-state index in [1.807, 2.05) is 11.0 Å². The second kappa shape index (κ2) is 8.60. The minimum absolute atomic E-state index is 0.0440. The van der Waals surface area contributed by atoms with Gasteiger partial charge in [-0.3, -0.25) is 4.79 Å². The number of nitrogens with zero attached hydrogens (tertiary/aromatic N) is 3. The van der Waals surface area contributed by atoms with E-state index in [1.165, 1.54) is 5.56 Å². The maximum absolute atomic E-state index is 12.5. The number of likely N-dealkylation sites (tertiary alicyclic amines) is 1. The van der Waals surface area contributed by atoms with Gasteiger partial charge in [-0.15, -0.1) is 0 Å². The highest BCUT2D eigenvalue weighted by Crippen LogP contribution is 2.18. The number of carbonyl (C=O) groups is 1. The minimum atomic E-state index is 0.0440. The van der Waals surface area contributed by atoms with Gasteiger partial charge in [0.2, 0.25) is 5.95 Å². The van der Waals surface area contributed by atoms with Crippen molar-refractivity contribution >= 4 is 11.9 Å². The molecule has 0 bridgehead atoms. The third kappa shape index (κ3) is 5.02. The molecule has 1 saturated heterocycles. The lowest BCUT2D eigenvalue weighted by Crippen LogP contribution is -2.38. The number of aromatic nitrogens is 2. The molecule has 1 aromatic carbocycles. The zero-order valence-electron chi connectivity index (χ0n) is 14.8. The van der Waals surface area contributed by atoms with Crippen LogP contribution in [0.1, 0.15) is 42.1 Å². The summed E-state index contributed by atoms with van der Waals surface area (Å²) in [4.78, 5) is 22.9. The van der Waals surface area contributed by atoms with Crippen molar-refractivity contribution in [1.29, 1.82) is 0 Å². The molecule has 5 nitrogen and oxygen atoms in total. The van der Waals surface area contributed by atoms with Crippen molar-refractivity contribution in [1.82, 2.24) is 14.9 Å². The number of carbonyl (C=O) groups excluding carboxylic acids is 1. The van der Waals surface area contributed by atoms with E-state index in [1.54, 1.807) is 12.4 Å². The number of anilines is 1. The molecule has 1 aromatic heterocycles. The summed E-state index contributed by atoms with van der Waals surface area (Å²) in [5.74, 6) is 1.34. The van der Waals surface area contributed by atoms with Crippen molar-refractivity contribution in [3.8, 4) is 0 Å². The van der Waals surface area contributed by atoms with Crippen LogP contribution in [-0.2, 0) is 6.42 Å². The molecule has 0 atom stereocenters. The quantitative estimate of drug-likeness (QED) is 0.820. The van der Waals surface area contributed by atoms with E-state index in [-0.39, 0.29) is 5.91 Å². The highest BCUT2D eigenvalue weighted by molar-refractivity contribution is 5.93. The molecule has 0 spiro atoms. The molecule has 1 fully saturated rings. The third-order valence-electron chi connectivity index (χ3n) is 4.74. The van der Waals surface area contributed by atoms with E-state index < -0.39 is 0 Å². The summed E-state index contributed by atoms with van der Waals surface area (Å²) < 4.78 is 0. The first-order chi connectivity index (χ1) is 12.2. The molecule has 132 valence electrons. The van der Waals surface area contributed by atoms with Gasteiger partial charge in [-0.25, -0.2) is 9.97 Å². The van der Waals surface area contributed by atoms with Crippen LogP contribution in [0.4, 0.5) is 5.95 Å².